The third-order valence-electron chi connectivity index (χ3n) is 6.05. The maximum absolute atomic E-state index is 13.3. The van der Waals surface area contributed by atoms with Gasteiger partial charge in [0.2, 0.25) is 21.8 Å². The Bertz CT molecular complexity index is 1130. The number of aryl methyl sites for hydroxylation is 1. The maximum Gasteiger partial charge on any atom is 0.243 e. The molecule has 0 aliphatic carbocycles. The van der Waals surface area contributed by atoms with Gasteiger partial charge in [-0.1, -0.05) is 0 Å². The number of carbonyl (C=O) groups is 2. The summed E-state index contributed by atoms with van der Waals surface area (Å²) in [6.45, 7) is 2.57. The number of anilines is 2. The van der Waals surface area contributed by atoms with Gasteiger partial charge in [-0.05, 0) is 73.7 Å². The number of amides is 2. The molecule has 2 aromatic carbocycles. The Kier molecular flexibility index (Phi) is 6.30. The number of carbonyl (C=O) groups excluding carboxylic acids is 2. The van der Waals surface area contributed by atoms with Crippen LogP contribution in [0.4, 0.5) is 15.8 Å². The fraction of sp³-hybridized carbons (Fsp3) is 0.391. The molecule has 9 heteroatoms. The summed E-state index contributed by atoms with van der Waals surface area (Å²) in [7, 11) is -3.78. The third kappa shape index (κ3) is 4.54. The van der Waals surface area contributed by atoms with Gasteiger partial charge in [-0.15, -0.1) is 0 Å². The number of hydrogen-bond acceptors (Lipinski definition) is 4. The number of rotatable bonds is 4. The monoisotopic (exact) mass is 459 g/mol. The van der Waals surface area contributed by atoms with Gasteiger partial charge in [0.1, 0.15) is 5.82 Å². The molecule has 1 atom stereocenters. The molecule has 7 nitrogen and oxygen atoms in total. The number of nitrogens with one attached hydrogen (secondary N) is 1. The van der Waals surface area contributed by atoms with Gasteiger partial charge in [0.25, 0.3) is 0 Å². The molecule has 0 radical (unpaired) electrons. The lowest BCUT2D eigenvalue weighted by atomic mass is 9.99. The molecular formula is C23H26FN3O4S. The molecule has 2 aliphatic heterocycles. The lowest BCUT2D eigenvalue weighted by Gasteiger charge is -2.32. The lowest BCUT2D eigenvalue weighted by Crippen LogP contribution is -2.43. The molecule has 1 fully saturated rings. The van der Waals surface area contributed by atoms with E-state index in [0.29, 0.717) is 38.0 Å². The fourth-order valence-electron chi connectivity index (χ4n) is 4.36. The van der Waals surface area contributed by atoms with Crippen molar-refractivity contribution in [3.63, 3.8) is 0 Å². The Balaban J connectivity index is 1.50. The van der Waals surface area contributed by atoms with Gasteiger partial charge in [-0.3, -0.25) is 9.59 Å². The van der Waals surface area contributed by atoms with Crippen LogP contribution in [0, 0.1) is 11.7 Å². The molecule has 4 rings (SSSR count). The lowest BCUT2D eigenvalue weighted by molar-refractivity contribution is -0.121. The minimum atomic E-state index is -3.78. The predicted molar refractivity (Wildman–Crippen MR) is 119 cm³/mol. The van der Waals surface area contributed by atoms with Gasteiger partial charge < -0.3 is 10.2 Å². The van der Waals surface area contributed by atoms with Crippen molar-refractivity contribution in [3.8, 4) is 0 Å². The number of hydrogen-bond donors (Lipinski definition) is 1. The van der Waals surface area contributed by atoms with E-state index < -0.39 is 21.8 Å². The Morgan fingerprint density at radius 1 is 1.06 bits per heavy atom. The quantitative estimate of drug-likeness (QED) is 0.761. The van der Waals surface area contributed by atoms with Crippen LogP contribution in [0.5, 0.6) is 0 Å². The molecule has 2 amide bonds. The summed E-state index contributed by atoms with van der Waals surface area (Å²) < 4.78 is 41.1. The molecule has 2 heterocycles. The van der Waals surface area contributed by atoms with Gasteiger partial charge in [-0.25, -0.2) is 12.8 Å². The second-order valence-corrected chi connectivity index (χ2v) is 10.2. The average molecular weight is 460 g/mol. The first-order valence-electron chi connectivity index (χ1n) is 10.7. The maximum atomic E-state index is 13.3. The van der Waals surface area contributed by atoms with Crippen molar-refractivity contribution in [2.75, 3.05) is 29.9 Å². The van der Waals surface area contributed by atoms with Crippen LogP contribution >= 0.6 is 0 Å². The molecule has 1 unspecified atom stereocenters. The molecule has 0 aromatic heterocycles. The van der Waals surface area contributed by atoms with E-state index in [1.807, 2.05) is 0 Å². The largest absolute Gasteiger partial charge is 0.326 e. The van der Waals surface area contributed by atoms with Crippen molar-refractivity contribution in [1.29, 1.82) is 0 Å². The topological polar surface area (TPSA) is 86.8 Å². The number of nitrogens with zero attached hydrogens (tertiary/aromatic N) is 2. The van der Waals surface area contributed by atoms with Crippen molar-refractivity contribution in [2.45, 2.75) is 37.5 Å². The Labute approximate surface area is 187 Å². The minimum absolute atomic E-state index is 0.0624. The van der Waals surface area contributed by atoms with Crippen LogP contribution in [-0.2, 0) is 26.0 Å². The predicted octanol–water partition coefficient (Wildman–Crippen LogP) is 3.16. The molecular weight excluding hydrogens is 433 g/mol. The summed E-state index contributed by atoms with van der Waals surface area (Å²) >= 11 is 0. The van der Waals surface area contributed by atoms with Crippen molar-refractivity contribution in [2.24, 2.45) is 5.92 Å². The normalized spacial score (nSPS) is 19.3. The van der Waals surface area contributed by atoms with Gasteiger partial charge in [0.15, 0.2) is 0 Å². The highest BCUT2D eigenvalue weighted by Gasteiger charge is 2.34. The molecule has 2 aromatic rings. The van der Waals surface area contributed by atoms with Crippen LogP contribution in [0.2, 0.25) is 0 Å². The summed E-state index contributed by atoms with van der Waals surface area (Å²) in [5, 5.41) is 2.74. The second kappa shape index (κ2) is 8.99. The molecule has 1 N–H and O–H groups in total. The van der Waals surface area contributed by atoms with Crippen molar-refractivity contribution in [3.05, 3.63) is 53.8 Å². The van der Waals surface area contributed by atoms with Crippen LogP contribution in [0.1, 0.15) is 31.7 Å². The van der Waals surface area contributed by atoms with E-state index in [2.05, 4.69) is 5.32 Å². The summed E-state index contributed by atoms with van der Waals surface area (Å²) in [4.78, 5) is 26.4. The zero-order valence-corrected chi connectivity index (χ0v) is 18.7. The number of piperidine rings is 1. The zero-order valence-electron chi connectivity index (χ0n) is 17.9. The molecule has 0 bridgehead atoms. The van der Waals surface area contributed by atoms with E-state index in [1.165, 1.54) is 41.6 Å². The summed E-state index contributed by atoms with van der Waals surface area (Å²) in [6, 6.07) is 10.4. The molecule has 32 heavy (non-hydrogen) atoms. The molecule has 2 aliphatic rings. The van der Waals surface area contributed by atoms with E-state index in [0.717, 1.165) is 17.7 Å². The summed E-state index contributed by atoms with van der Waals surface area (Å²) in [5.41, 5.74) is 2.08. The first kappa shape index (κ1) is 22.4. The van der Waals surface area contributed by atoms with Crippen molar-refractivity contribution in [1.82, 2.24) is 4.31 Å². The smallest absolute Gasteiger partial charge is 0.243 e. The highest BCUT2D eigenvalue weighted by molar-refractivity contribution is 7.89. The Hall–Kier alpha value is -2.78. The van der Waals surface area contributed by atoms with Gasteiger partial charge in [0.05, 0.1) is 10.8 Å². The Morgan fingerprint density at radius 2 is 1.81 bits per heavy atom. The van der Waals surface area contributed by atoms with Crippen LogP contribution in [0.15, 0.2) is 47.4 Å². The molecule has 170 valence electrons. The van der Waals surface area contributed by atoms with Crippen molar-refractivity contribution >= 4 is 33.2 Å². The highest BCUT2D eigenvalue weighted by Crippen LogP contribution is 2.32. The first-order chi connectivity index (χ1) is 15.3. The van der Waals surface area contributed by atoms with E-state index in [1.54, 1.807) is 17.0 Å². The summed E-state index contributed by atoms with van der Waals surface area (Å²) in [5.74, 6) is -1.23. The van der Waals surface area contributed by atoms with Crippen molar-refractivity contribution < 1.29 is 22.4 Å². The summed E-state index contributed by atoms with van der Waals surface area (Å²) in [6.07, 6.45) is 2.65. The van der Waals surface area contributed by atoms with Crippen LogP contribution < -0.4 is 10.2 Å². The van der Waals surface area contributed by atoms with Gasteiger partial charge in [-0.2, -0.15) is 4.31 Å². The second-order valence-electron chi connectivity index (χ2n) is 8.26. The van der Waals surface area contributed by atoms with Gasteiger partial charge in [0, 0.05) is 37.9 Å². The Morgan fingerprint density at radius 3 is 2.53 bits per heavy atom. The zero-order chi connectivity index (χ0) is 22.9. The number of halogens is 1. The molecule has 0 spiro atoms. The van der Waals surface area contributed by atoms with E-state index >= 15 is 0 Å². The van der Waals surface area contributed by atoms with Gasteiger partial charge >= 0.3 is 0 Å². The average Bonchev–Trinajstić information content (AvgIpc) is 2.79. The number of sulfonamides is 1. The standard InChI is InChI=1S/C23H26FN3O4S/c1-16(28)27-13-3-4-17-14-21(10-11-22(17)27)32(30,31)26-12-2-5-18(15-26)23(29)25-20-8-6-19(24)7-9-20/h6-11,14,18H,2-5,12-13,15H2,1H3,(H,25,29). The van der Waals surface area contributed by atoms with Crippen LogP contribution in [0.3, 0.4) is 0 Å². The number of benzene rings is 2. The minimum Gasteiger partial charge on any atom is -0.326 e. The van der Waals surface area contributed by atoms with E-state index in [-0.39, 0.29) is 23.3 Å². The molecule has 0 saturated carbocycles. The van der Waals surface area contributed by atoms with Crippen LogP contribution in [0.25, 0.3) is 0 Å². The third-order valence-corrected chi connectivity index (χ3v) is 7.92. The SMILES string of the molecule is CC(=O)N1CCCc2cc(S(=O)(=O)N3CCCC(C(=O)Nc4ccc(F)cc4)C3)ccc21. The van der Waals surface area contributed by atoms with E-state index in [4.69, 9.17) is 0 Å². The fourth-order valence-corrected chi connectivity index (χ4v) is 5.94. The van der Waals surface area contributed by atoms with Crippen LogP contribution in [-0.4, -0.2) is 44.2 Å². The first-order valence-corrected chi connectivity index (χ1v) is 12.2. The number of fused-ring (bicyclic) bond motifs is 1. The van der Waals surface area contributed by atoms with E-state index in [9.17, 15) is 22.4 Å². The highest BCUT2D eigenvalue weighted by atomic mass is 32.2. The molecule has 1 saturated heterocycles.